The number of urea groups is 1. The van der Waals surface area contributed by atoms with Crippen LogP contribution in [0.25, 0.3) is 10.2 Å². The molecule has 0 saturated carbocycles. The van der Waals surface area contributed by atoms with Crippen molar-refractivity contribution in [2.24, 2.45) is 0 Å². The molecule has 32 heavy (non-hydrogen) atoms. The van der Waals surface area contributed by atoms with Crippen molar-refractivity contribution in [2.75, 3.05) is 30.8 Å². The summed E-state index contributed by atoms with van der Waals surface area (Å²) in [6.45, 7) is 4.40. The van der Waals surface area contributed by atoms with E-state index in [1.165, 1.54) is 27.6 Å². The summed E-state index contributed by atoms with van der Waals surface area (Å²) in [5, 5.41) is 3.14. The third kappa shape index (κ3) is 3.84. The predicted octanol–water partition coefficient (Wildman–Crippen LogP) is 2.62. The van der Waals surface area contributed by atoms with Crippen molar-refractivity contribution in [1.82, 2.24) is 25.2 Å². The van der Waals surface area contributed by atoms with E-state index in [1.807, 2.05) is 5.51 Å². The monoisotopic (exact) mass is 472 g/mol. The molecule has 0 unspecified atom stereocenters. The summed E-state index contributed by atoms with van der Waals surface area (Å²) in [7, 11) is -3.38. The first-order chi connectivity index (χ1) is 15.2. The number of fused-ring (bicyclic) bond motifs is 1. The summed E-state index contributed by atoms with van der Waals surface area (Å²) in [6, 6.07) is 6.49. The van der Waals surface area contributed by atoms with E-state index in [1.54, 1.807) is 11.3 Å². The van der Waals surface area contributed by atoms with Crippen LogP contribution in [0.1, 0.15) is 31.4 Å². The average molecular weight is 473 g/mol. The Morgan fingerprint density at radius 1 is 1.16 bits per heavy atom. The van der Waals surface area contributed by atoms with Crippen LogP contribution in [-0.4, -0.2) is 65.7 Å². The van der Waals surface area contributed by atoms with Gasteiger partial charge in [-0.3, -0.25) is 9.80 Å². The molecule has 0 aliphatic carbocycles. The molecule has 5 rings (SSSR count). The normalized spacial score (nSPS) is 20.1. The van der Waals surface area contributed by atoms with E-state index >= 15 is 0 Å². The van der Waals surface area contributed by atoms with E-state index in [0.29, 0.717) is 6.54 Å². The van der Waals surface area contributed by atoms with Crippen molar-refractivity contribution < 1.29 is 13.2 Å². The first kappa shape index (κ1) is 21.2. The van der Waals surface area contributed by atoms with E-state index in [0.717, 1.165) is 37.7 Å². The topological polar surface area (TPSA) is 108 Å². The number of carbonyl (C=O) groups excluding carboxylic acids is 1. The van der Waals surface area contributed by atoms with E-state index in [2.05, 4.69) is 50.3 Å². The molecule has 4 heterocycles. The Morgan fingerprint density at radius 3 is 2.56 bits per heavy atom. The van der Waals surface area contributed by atoms with Crippen LogP contribution in [0.15, 0.2) is 41.0 Å². The van der Waals surface area contributed by atoms with Gasteiger partial charge in [-0.15, -0.1) is 11.3 Å². The number of hydrogen-bond acceptors (Lipinski definition) is 8. The van der Waals surface area contributed by atoms with Crippen LogP contribution in [0, 0.1) is 0 Å². The van der Waals surface area contributed by atoms with Gasteiger partial charge < -0.3 is 5.32 Å². The third-order valence-corrected chi connectivity index (χ3v) is 8.38. The van der Waals surface area contributed by atoms with E-state index in [-0.39, 0.29) is 28.5 Å². The maximum absolute atomic E-state index is 12.7. The van der Waals surface area contributed by atoms with Crippen LogP contribution < -0.4 is 10.2 Å². The van der Waals surface area contributed by atoms with Crippen LogP contribution in [0.4, 0.5) is 10.7 Å². The lowest BCUT2D eigenvalue weighted by atomic mass is 9.87. The minimum Gasteiger partial charge on any atom is -0.330 e. The summed E-state index contributed by atoms with van der Waals surface area (Å²) in [4.78, 5) is 29.3. The number of carbonyl (C=O) groups is 1. The Balaban J connectivity index is 1.26. The second kappa shape index (κ2) is 7.75. The maximum Gasteiger partial charge on any atom is 0.324 e. The second-order valence-electron chi connectivity index (χ2n) is 8.58. The molecule has 1 atom stereocenters. The van der Waals surface area contributed by atoms with Crippen molar-refractivity contribution >= 4 is 43.4 Å². The van der Waals surface area contributed by atoms with Crippen LogP contribution in [0.5, 0.6) is 0 Å². The molecule has 2 amide bonds. The number of hydrogen-bond donors (Lipinski definition) is 1. The first-order valence-electron chi connectivity index (χ1n) is 10.4. The first-order valence-corrected chi connectivity index (χ1v) is 13.2. The van der Waals surface area contributed by atoms with E-state index < -0.39 is 9.84 Å². The number of aromatic nitrogens is 3. The van der Waals surface area contributed by atoms with E-state index in [9.17, 15) is 13.2 Å². The number of rotatable bonds is 4. The van der Waals surface area contributed by atoms with Crippen molar-refractivity contribution in [2.45, 2.75) is 36.2 Å². The van der Waals surface area contributed by atoms with Crippen molar-refractivity contribution in [3.8, 4) is 0 Å². The van der Waals surface area contributed by atoms with Gasteiger partial charge in [-0.2, -0.15) is 0 Å². The number of amides is 2. The number of thiazole rings is 1. The molecule has 9 nitrogen and oxygen atoms in total. The number of anilines is 1. The van der Waals surface area contributed by atoms with Crippen molar-refractivity contribution in [1.29, 1.82) is 0 Å². The lowest BCUT2D eigenvalue weighted by Gasteiger charge is -2.41. The fourth-order valence-corrected chi connectivity index (χ4v) is 5.63. The standard InChI is InChI=1S/C21H24N6O3S2/c1-14(15-3-4-18-17(9-15)24-13-31-18)26-7-5-21(6-8-26)12-27(20(28)25-21)19-22-10-16(11-23-19)32(2,29)30/h3-4,9-11,13-14H,5-8,12H2,1-2H3,(H,25,28)/t14-/m1/s1. The number of benzene rings is 1. The molecule has 2 aliphatic rings. The Labute approximate surface area is 190 Å². The van der Waals surface area contributed by atoms with Gasteiger partial charge >= 0.3 is 6.03 Å². The van der Waals surface area contributed by atoms with Gasteiger partial charge in [0.1, 0.15) is 4.90 Å². The van der Waals surface area contributed by atoms with Crippen LogP contribution in [0.2, 0.25) is 0 Å². The quantitative estimate of drug-likeness (QED) is 0.622. The molecule has 1 aromatic carbocycles. The number of nitrogens with one attached hydrogen (secondary N) is 1. The third-order valence-electron chi connectivity index (χ3n) is 6.50. The van der Waals surface area contributed by atoms with Gasteiger partial charge in [0.15, 0.2) is 9.84 Å². The maximum atomic E-state index is 12.7. The molecular formula is C21H24N6O3S2. The molecule has 11 heteroatoms. The lowest BCUT2D eigenvalue weighted by Crippen LogP contribution is -2.52. The summed E-state index contributed by atoms with van der Waals surface area (Å²) < 4.78 is 24.5. The molecule has 2 aliphatic heterocycles. The Bertz CT molecular complexity index is 1270. The molecule has 1 spiro atoms. The van der Waals surface area contributed by atoms with Crippen LogP contribution in [0.3, 0.4) is 0 Å². The number of nitrogens with zero attached hydrogens (tertiary/aromatic N) is 5. The van der Waals surface area contributed by atoms with Gasteiger partial charge in [-0.1, -0.05) is 6.07 Å². The minimum atomic E-state index is -3.38. The molecule has 1 N–H and O–H groups in total. The molecule has 2 fully saturated rings. The number of sulfone groups is 1. The smallest absolute Gasteiger partial charge is 0.324 e. The van der Waals surface area contributed by atoms with Gasteiger partial charge in [0.25, 0.3) is 0 Å². The zero-order chi connectivity index (χ0) is 22.5. The zero-order valence-corrected chi connectivity index (χ0v) is 19.5. The Kier molecular flexibility index (Phi) is 5.14. The predicted molar refractivity (Wildman–Crippen MR) is 123 cm³/mol. The van der Waals surface area contributed by atoms with Gasteiger partial charge in [-0.25, -0.2) is 28.2 Å². The minimum absolute atomic E-state index is 0.0358. The second-order valence-corrected chi connectivity index (χ2v) is 11.5. The molecular weight excluding hydrogens is 448 g/mol. The van der Waals surface area contributed by atoms with Gasteiger partial charge in [-0.05, 0) is 37.5 Å². The molecule has 3 aromatic rings. The van der Waals surface area contributed by atoms with Gasteiger partial charge in [0.05, 0.1) is 40.2 Å². The number of piperidine rings is 1. The largest absolute Gasteiger partial charge is 0.330 e. The number of likely N-dealkylation sites (tertiary alicyclic amines) is 1. The van der Waals surface area contributed by atoms with E-state index in [4.69, 9.17) is 0 Å². The van der Waals surface area contributed by atoms with Crippen LogP contribution in [-0.2, 0) is 9.84 Å². The SMILES string of the molecule is C[C@H](c1ccc2scnc2c1)N1CCC2(CC1)CN(c1ncc(S(C)(=O)=O)cn1)C(=O)N2. The highest BCUT2D eigenvalue weighted by Crippen LogP contribution is 2.34. The molecule has 2 saturated heterocycles. The molecule has 168 valence electrons. The summed E-state index contributed by atoms with van der Waals surface area (Å²) in [6.07, 6.45) is 5.24. The average Bonchev–Trinajstić information content (AvgIpc) is 3.37. The highest BCUT2D eigenvalue weighted by molar-refractivity contribution is 7.90. The lowest BCUT2D eigenvalue weighted by molar-refractivity contribution is 0.121. The summed E-state index contributed by atoms with van der Waals surface area (Å²) in [5.41, 5.74) is 3.83. The Morgan fingerprint density at radius 2 is 1.88 bits per heavy atom. The Hall–Kier alpha value is -2.63. The molecule has 0 radical (unpaired) electrons. The highest BCUT2D eigenvalue weighted by Gasteiger charge is 2.46. The van der Waals surface area contributed by atoms with Gasteiger partial charge in [0, 0.05) is 25.4 Å². The molecule has 2 aromatic heterocycles. The highest BCUT2D eigenvalue weighted by atomic mass is 32.2. The van der Waals surface area contributed by atoms with Crippen LogP contribution >= 0.6 is 11.3 Å². The zero-order valence-electron chi connectivity index (χ0n) is 17.9. The van der Waals surface area contributed by atoms with Crippen molar-refractivity contribution in [3.05, 3.63) is 41.7 Å². The summed E-state index contributed by atoms with van der Waals surface area (Å²) in [5.74, 6) is 0.221. The molecule has 0 bridgehead atoms. The summed E-state index contributed by atoms with van der Waals surface area (Å²) >= 11 is 1.65. The van der Waals surface area contributed by atoms with Crippen molar-refractivity contribution in [3.63, 3.8) is 0 Å². The van der Waals surface area contributed by atoms with Gasteiger partial charge in [0.2, 0.25) is 5.95 Å². The fraction of sp³-hybridized carbons (Fsp3) is 0.429. The fourth-order valence-electron chi connectivity index (χ4n) is 4.48.